The first kappa shape index (κ1) is 18.2. The second-order valence-corrected chi connectivity index (χ2v) is 8.50. The molecule has 2 amide bonds. The van der Waals surface area contributed by atoms with Crippen LogP contribution in [0.3, 0.4) is 0 Å². The van der Waals surface area contributed by atoms with Gasteiger partial charge in [0.2, 0.25) is 0 Å². The van der Waals surface area contributed by atoms with E-state index in [9.17, 15) is 9.59 Å². The normalized spacial score (nSPS) is 16.0. The largest absolute Gasteiger partial charge is 0.340 e. The van der Waals surface area contributed by atoms with Crippen molar-refractivity contribution in [2.75, 3.05) is 5.32 Å². The van der Waals surface area contributed by atoms with Crippen LogP contribution >= 0.6 is 11.8 Å². The molecule has 0 spiro atoms. The van der Waals surface area contributed by atoms with Gasteiger partial charge in [0.05, 0.1) is 11.1 Å². The van der Waals surface area contributed by atoms with Crippen molar-refractivity contribution in [3.05, 3.63) is 58.8 Å². The van der Waals surface area contributed by atoms with Gasteiger partial charge in [0, 0.05) is 17.4 Å². The first-order chi connectivity index (χ1) is 13.3. The zero-order chi connectivity index (χ0) is 19.9. The predicted molar refractivity (Wildman–Crippen MR) is 111 cm³/mol. The number of thioether (sulfide) groups is 1. The highest BCUT2D eigenvalue weighted by Gasteiger charge is 2.25. The molecule has 0 radical (unpaired) electrons. The van der Waals surface area contributed by atoms with Crippen LogP contribution in [0.5, 0.6) is 0 Å². The van der Waals surface area contributed by atoms with Gasteiger partial charge in [0.15, 0.2) is 5.65 Å². The van der Waals surface area contributed by atoms with Crippen molar-refractivity contribution in [1.82, 2.24) is 19.9 Å². The molecule has 0 atom stereocenters. The minimum absolute atomic E-state index is 0.0524. The molecule has 2 aromatic heterocycles. The average molecular weight is 393 g/mol. The van der Waals surface area contributed by atoms with Crippen LogP contribution in [0, 0.1) is 0 Å². The molecule has 3 aromatic rings. The number of carbonyl (C=O) groups excluding carboxylic acids is 2. The van der Waals surface area contributed by atoms with E-state index in [0.29, 0.717) is 21.9 Å². The summed E-state index contributed by atoms with van der Waals surface area (Å²) in [5.74, 6) is 0.265. The van der Waals surface area contributed by atoms with E-state index in [-0.39, 0.29) is 10.7 Å². The summed E-state index contributed by atoms with van der Waals surface area (Å²) < 4.78 is 1.63. The fourth-order valence-electron chi connectivity index (χ4n) is 2.83. The summed E-state index contributed by atoms with van der Waals surface area (Å²) in [5.41, 5.74) is 3.48. The van der Waals surface area contributed by atoms with Crippen LogP contribution in [0.1, 0.15) is 31.9 Å². The number of carbonyl (C=O) groups is 2. The molecule has 8 heteroatoms. The maximum atomic E-state index is 11.8. The second kappa shape index (κ2) is 6.79. The van der Waals surface area contributed by atoms with Crippen LogP contribution in [0.2, 0.25) is 0 Å². The Morgan fingerprint density at radius 1 is 1.21 bits per heavy atom. The number of anilines is 2. The molecule has 4 rings (SSSR count). The van der Waals surface area contributed by atoms with Gasteiger partial charge in [0.1, 0.15) is 5.82 Å². The standard InChI is InChI=1S/C20H19N5O2S/c1-20(2,3)13-5-4-6-14(10-13)22-16-7-8-25-17(23-16)12(11-21-25)9-15-18(26)24-19(27)28-15/h4-11H,1-3H3,(H,22,23)(H,24,26,27)/b15-9-. The lowest BCUT2D eigenvalue weighted by molar-refractivity contribution is -0.115. The van der Waals surface area contributed by atoms with E-state index in [2.05, 4.69) is 53.6 Å². The lowest BCUT2D eigenvalue weighted by atomic mass is 9.87. The molecule has 1 aliphatic rings. The number of nitrogens with one attached hydrogen (secondary N) is 2. The van der Waals surface area contributed by atoms with Crippen LogP contribution < -0.4 is 10.6 Å². The van der Waals surface area contributed by atoms with Crippen molar-refractivity contribution in [3.63, 3.8) is 0 Å². The lowest BCUT2D eigenvalue weighted by Gasteiger charge is -2.20. The Balaban J connectivity index is 1.66. The van der Waals surface area contributed by atoms with E-state index < -0.39 is 5.91 Å². The quantitative estimate of drug-likeness (QED) is 0.652. The molecular weight excluding hydrogens is 374 g/mol. The number of benzene rings is 1. The maximum Gasteiger partial charge on any atom is 0.290 e. The molecule has 0 aliphatic carbocycles. The first-order valence-electron chi connectivity index (χ1n) is 8.76. The van der Waals surface area contributed by atoms with Gasteiger partial charge in [-0.1, -0.05) is 32.9 Å². The predicted octanol–water partition coefficient (Wildman–Crippen LogP) is 4.09. The Hall–Kier alpha value is -3.13. The van der Waals surface area contributed by atoms with E-state index >= 15 is 0 Å². The molecule has 0 bridgehead atoms. The average Bonchev–Trinajstić information content (AvgIpc) is 3.17. The highest BCUT2D eigenvalue weighted by atomic mass is 32.2. The molecule has 1 saturated heterocycles. The number of imide groups is 1. The zero-order valence-corrected chi connectivity index (χ0v) is 16.5. The third-order valence-corrected chi connectivity index (χ3v) is 5.14. The molecular formula is C20H19N5O2S. The summed E-state index contributed by atoms with van der Waals surface area (Å²) in [6.07, 6.45) is 5.05. The Morgan fingerprint density at radius 3 is 2.75 bits per heavy atom. The smallest absolute Gasteiger partial charge is 0.290 e. The van der Waals surface area contributed by atoms with Gasteiger partial charge in [0.25, 0.3) is 11.1 Å². The molecule has 0 saturated carbocycles. The molecule has 3 heterocycles. The van der Waals surface area contributed by atoms with Crippen molar-refractivity contribution < 1.29 is 9.59 Å². The van der Waals surface area contributed by atoms with Crippen LogP contribution in [0.25, 0.3) is 11.7 Å². The van der Waals surface area contributed by atoms with Gasteiger partial charge >= 0.3 is 0 Å². The minimum atomic E-state index is -0.400. The SMILES string of the molecule is CC(C)(C)c1cccc(Nc2ccn3ncc(/C=C4\SC(=O)NC4=O)c3n2)c1. The van der Waals surface area contributed by atoms with Gasteiger partial charge in [-0.05, 0) is 47.0 Å². The third-order valence-electron chi connectivity index (χ3n) is 4.33. The topological polar surface area (TPSA) is 88.4 Å². The Morgan fingerprint density at radius 2 is 2.04 bits per heavy atom. The van der Waals surface area contributed by atoms with Gasteiger partial charge in [-0.3, -0.25) is 14.9 Å². The number of amides is 2. The summed E-state index contributed by atoms with van der Waals surface area (Å²) in [6, 6.07) is 10.1. The van der Waals surface area contributed by atoms with Gasteiger partial charge < -0.3 is 5.32 Å². The number of fused-ring (bicyclic) bond motifs is 1. The number of nitrogens with zero attached hydrogens (tertiary/aromatic N) is 3. The van der Waals surface area contributed by atoms with Crippen LogP contribution in [-0.4, -0.2) is 25.7 Å². The van der Waals surface area contributed by atoms with Gasteiger partial charge in [-0.25, -0.2) is 9.50 Å². The second-order valence-electron chi connectivity index (χ2n) is 7.49. The summed E-state index contributed by atoms with van der Waals surface area (Å²) in [6.45, 7) is 6.51. The Kier molecular flexibility index (Phi) is 4.43. The summed E-state index contributed by atoms with van der Waals surface area (Å²) in [4.78, 5) is 28.1. The molecule has 7 nitrogen and oxygen atoms in total. The summed E-state index contributed by atoms with van der Waals surface area (Å²) in [5, 5.41) is 9.45. The van der Waals surface area contributed by atoms with E-state index in [0.717, 1.165) is 17.4 Å². The number of aromatic nitrogens is 3. The number of hydrogen-bond donors (Lipinski definition) is 2. The lowest BCUT2D eigenvalue weighted by Crippen LogP contribution is -2.17. The van der Waals surface area contributed by atoms with Crippen LogP contribution in [0.15, 0.2) is 47.6 Å². The molecule has 1 aliphatic heterocycles. The molecule has 28 heavy (non-hydrogen) atoms. The van der Waals surface area contributed by atoms with Gasteiger partial charge in [-0.2, -0.15) is 5.10 Å². The van der Waals surface area contributed by atoms with Crippen LogP contribution in [0.4, 0.5) is 16.3 Å². The van der Waals surface area contributed by atoms with E-state index in [4.69, 9.17) is 0 Å². The van der Waals surface area contributed by atoms with Crippen molar-refractivity contribution in [1.29, 1.82) is 0 Å². The minimum Gasteiger partial charge on any atom is -0.340 e. The summed E-state index contributed by atoms with van der Waals surface area (Å²) >= 11 is 0.872. The highest BCUT2D eigenvalue weighted by Crippen LogP contribution is 2.28. The van der Waals surface area contributed by atoms with E-state index in [1.807, 2.05) is 18.2 Å². The van der Waals surface area contributed by atoms with Crippen molar-refractivity contribution >= 4 is 46.1 Å². The van der Waals surface area contributed by atoms with E-state index in [1.54, 1.807) is 23.0 Å². The van der Waals surface area contributed by atoms with E-state index in [1.165, 1.54) is 5.56 Å². The van der Waals surface area contributed by atoms with Crippen molar-refractivity contribution in [3.8, 4) is 0 Å². The number of rotatable bonds is 3. The monoisotopic (exact) mass is 393 g/mol. The zero-order valence-electron chi connectivity index (χ0n) is 15.7. The summed E-state index contributed by atoms with van der Waals surface area (Å²) in [7, 11) is 0. The maximum absolute atomic E-state index is 11.8. The van der Waals surface area contributed by atoms with Crippen LogP contribution in [-0.2, 0) is 10.2 Å². The van der Waals surface area contributed by atoms with Crippen molar-refractivity contribution in [2.24, 2.45) is 0 Å². The molecule has 1 fully saturated rings. The highest BCUT2D eigenvalue weighted by molar-refractivity contribution is 8.18. The van der Waals surface area contributed by atoms with Gasteiger partial charge in [-0.15, -0.1) is 0 Å². The molecule has 1 aromatic carbocycles. The third kappa shape index (κ3) is 3.63. The molecule has 142 valence electrons. The van der Waals surface area contributed by atoms with Crippen molar-refractivity contribution in [2.45, 2.75) is 26.2 Å². The first-order valence-corrected chi connectivity index (χ1v) is 9.58. The number of hydrogen-bond acceptors (Lipinski definition) is 6. The molecule has 0 unspecified atom stereocenters. The fourth-order valence-corrected chi connectivity index (χ4v) is 3.50. The molecule has 2 N–H and O–H groups in total. The Labute approximate surface area is 166 Å². The Bertz CT molecular complexity index is 1130. The fraction of sp³-hybridized carbons (Fsp3) is 0.200.